The standard InChI is InChI=1S/C24H28F6N6O4.C16H15F6N5O.C8H15NO4/c1-12(31-22(39)40-23(2,3)4)20(38)32-14(7-13-8-16(26)17(27)10-15(13)25)9-19(37)35-5-6-36-18(11-35)33-34-21(36)24(28,29)30;17-10-6-12(19)11(18)4-8(10)3-9(23)5-14(28)26-1-2-27-13(7-26)24-25-15(27)16(20,21)22;1-5(6(10)11)9-7(12)13-8(2,3)4/h8,10,12,14H,5-7,9,11H2,1-4H3,(H,31,39)(H,32,38);4,6,9H,1-3,5,7,23H2;5H,1-4H3,(H,9,12)(H,10,11). The Balaban J connectivity index is 0.000000297. The van der Waals surface area contributed by atoms with Crippen molar-refractivity contribution < 1.29 is 96.0 Å². The minimum absolute atomic E-state index is 0.000783. The summed E-state index contributed by atoms with van der Waals surface area (Å²) in [4.78, 5) is 74.0. The lowest BCUT2D eigenvalue weighted by Gasteiger charge is -2.30. The molecule has 4 aromatic rings. The highest BCUT2D eigenvalue weighted by atomic mass is 19.4. The van der Waals surface area contributed by atoms with Crippen molar-refractivity contribution in [3.8, 4) is 0 Å². The lowest BCUT2D eigenvalue weighted by Crippen LogP contribution is -2.51. The molecule has 0 radical (unpaired) electrons. The Morgan fingerprint density at radius 3 is 1.35 bits per heavy atom. The minimum Gasteiger partial charge on any atom is -0.480 e. The number of benzene rings is 2. The first kappa shape index (κ1) is 65.8. The number of amides is 5. The molecule has 2 aromatic carbocycles. The summed E-state index contributed by atoms with van der Waals surface area (Å²) in [7, 11) is 0. The molecular weight excluding hydrogens is 1120 g/mol. The Hall–Kier alpha value is -7.74. The molecule has 0 bridgehead atoms. The number of alkyl carbamates (subject to hydrolysis) is 2. The van der Waals surface area contributed by atoms with Gasteiger partial charge in [0.15, 0.2) is 34.9 Å². The number of carbonyl (C=O) groups excluding carboxylic acids is 5. The molecule has 448 valence electrons. The lowest BCUT2D eigenvalue weighted by molar-refractivity contribution is -0.149. The maximum Gasteiger partial charge on any atom is 0.451 e. The number of nitrogens with zero attached hydrogens (tertiary/aromatic N) is 8. The highest BCUT2D eigenvalue weighted by Gasteiger charge is 2.41. The number of carboxylic acids is 1. The molecule has 0 saturated heterocycles. The van der Waals surface area contributed by atoms with Gasteiger partial charge in [-0.05, 0) is 91.5 Å². The van der Waals surface area contributed by atoms with Crippen molar-refractivity contribution in [2.45, 2.75) is 155 Å². The Morgan fingerprint density at radius 2 is 0.951 bits per heavy atom. The van der Waals surface area contributed by atoms with Crippen LogP contribution in [-0.2, 0) is 80.0 Å². The van der Waals surface area contributed by atoms with E-state index >= 15 is 0 Å². The molecule has 2 aromatic heterocycles. The largest absolute Gasteiger partial charge is 0.480 e. The predicted octanol–water partition coefficient (Wildman–Crippen LogP) is 6.09. The molecular formula is C48H58F12N12O9. The fourth-order valence-corrected chi connectivity index (χ4v) is 7.51. The molecule has 2 aliphatic heterocycles. The van der Waals surface area contributed by atoms with Gasteiger partial charge in [0.1, 0.15) is 34.9 Å². The highest BCUT2D eigenvalue weighted by molar-refractivity contribution is 5.86. The second-order valence-electron chi connectivity index (χ2n) is 20.4. The zero-order chi connectivity index (χ0) is 61.3. The molecule has 81 heavy (non-hydrogen) atoms. The zero-order valence-electron chi connectivity index (χ0n) is 44.6. The third-order valence-electron chi connectivity index (χ3n) is 11.3. The van der Waals surface area contributed by atoms with E-state index in [0.717, 1.165) is 9.13 Å². The number of aliphatic carboxylic acids is 1. The summed E-state index contributed by atoms with van der Waals surface area (Å²) in [5, 5.41) is 28.7. The van der Waals surface area contributed by atoms with Gasteiger partial charge in [-0.1, -0.05) is 0 Å². The van der Waals surface area contributed by atoms with E-state index < -0.39 is 143 Å². The van der Waals surface area contributed by atoms with Crippen LogP contribution in [0.25, 0.3) is 0 Å². The molecule has 5 amide bonds. The molecule has 4 heterocycles. The van der Waals surface area contributed by atoms with Crippen molar-refractivity contribution in [3.05, 3.63) is 93.6 Å². The van der Waals surface area contributed by atoms with Crippen LogP contribution in [0, 0.1) is 34.9 Å². The molecule has 6 N–H and O–H groups in total. The molecule has 6 rings (SSSR count). The van der Waals surface area contributed by atoms with Gasteiger partial charge in [-0.2, -0.15) is 26.3 Å². The van der Waals surface area contributed by atoms with Gasteiger partial charge in [-0.3, -0.25) is 19.2 Å². The third-order valence-corrected chi connectivity index (χ3v) is 11.3. The number of nitrogens with two attached hydrogens (primary N) is 1. The monoisotopic (exact) mass is 1170 g/mol. The van der Waals surface area contributed by atoms with Crippen molar-refractivity contribution in [2.24, 2.45) is 5.73 Å². The highest BCUT2D eigenvalue weighted by Crippen LogP contribution is 2.31. The first-order chi connectivity index (χ1) is 37.2. The van der Waals surface area contributed by atoms with Gasteiger partial charge in [-0.25, -0.2) is 35.9 Å². The number of ether oxygens (including phenoxy) is 2. The first-order valence-corrected chi connectivity index (χ1v) is 24.3. The maximum absolute atomic E-state index is 14.4. The SMILES string of the molecule is CC(NC(=O)OC(C)(C)C)C(=O)NC(CC(=O)N1CCn2c(nnc2C(F)(F)F)C1)Cc1cc(F)c(F)cc1F.CC(NC(=O)OC(C)(C)C)C(=O)O.NC(CC(=O)N1CCn2c(nnc2C(F)(F)F)C1)Cc1cc(F)c(F)cc1F. The summed E-state index contributed by atoms with van der Waals surface area (Å²) in [6.45, 7) is 11.7. The van der Waals surface area contributed by atoms with E-state index in [-0.39, 0.29) is 74.9 Å². The van der Waals surface area contributed by atoms with Crippen molar-refractivity contribution in [2.75, 3.05) is 13.1 Å². The molecule has 0 saturated carbocycles. The van der Waals surface area contributed by atoms with Gasteiger partial charge < -0.3 is 55.2 Å². The topological polar surface area (TPSA) is 271 Å². The van der Waals surface area contributed by atoms with Crippen molar-refractivity contribution in [3.63, 3.8) is 0 Å². The molecule has 2 aliphatic rings. The van der Waals surface area contributed by atoms with E-state index in [9.17, 15) is 81.5 Å². The van der Waals surface area contributed by atoms with Gasteiger partial charge in [0, 0.05) is 63.2 Å². The second-order valence-corrected chi connectivity index (χ2v) is 20.4. The Labute approximate surface area is 453 Å². The zero-order valence-corrected chi connectivity index (χ0v) is 44.6. The normalized spacial score (nSPS) is 15.0. The van der Waals surface area contributed by atoms with E-state index in [4.69, 9.17) is 20.3 Å². The van der Waals surface area contributed by atoms with Crippen LogP contribution in [0.1, 0.15) is 103 Å². The Morgan fingerprint density at radius 1 is 0.568 bits per heavy atom. The van der Waals surface area contributed by atoms with E-state index in [1.54, 1.807) is 41.5 Å². The number of hydrogen-bond donors (Lipinski definition) is 5. The van der Waals surface area contributed by atoms with Crippen molar-refractivity contribution in [1.82, 2.24) is 55.3 Å². The molecule has 0 fully saturated rings. The summed E-state index contributed by atoms with van der Waals surface area (Å²) in [5.74, 6) is -12.8. The number of carbonyl (C=O) groups is 6. The van der Waals surface area contributed by atoms with Gasteiger partial charge in [0.25, 0.3) is 0 Å². The number of carboxylic acid groups (broad SMARTS) is 1. The molecule has 4 unspecified atom stereocenters. The second kappa shape index (κ2) is 26.7. The van der Waals surface area contributed by atoms with Gasteiger partial charge in [0.05, 0.1) is 13.1 Å². The van der Waals surface area contributed by atoms with Gasteiger partial charge in [0.2, 0.25) is 29.4 Å². The van der Waals surface area contributed by atoms with E-state index in [1.165, 1.54) is 23.6 Å². The van der Waals surface area contributed by atoms with Crippen LogP contribution in [-0.4, -0.2) is 129 Å². The molecule has 33 heteroatoms. The number of rotatable bonds is 13. The molecule has 21 nitrogen and oxygen atoms in total. The predicted molar refractivity (Wildman–Crippen MR) is 255 cm³/mol. The summed E-state index contributed by atoms with van der Waals surface area (Å²) in [6, 6.07) is -2.17. The van der Waals surface area contributed by atoms with Crippen molar-refractivity contribution >= 4 is 35.9 Å². The van der Waals surface area contributed by atoms with Crippen LogP contribution in [0.5, 0.6) is 0 Å². The number of alkyl halides is 6. The number of fused-ring (bicyclic) bond motifs is 2. The number of nitrogens with one attached hydrogen (secondary N) is 3. The van der Waals surface area contributed by atoms with Gasteiger partial charge in [-0.15, -0.1) is 20.4 Å². The van der Waals surface area contributed by atoms with Crippen LogP contribution in [0.2, 0.25) is 0 Å². The summed E-state index contributed by atoms with van der Waals surface area (Å²) in [6.07, 6.45) is -12.4. The Kier molecular flexibility index (Phi) is 21.7. The van der Waals surface area contributed by atoms with Gasteiger partial charge >= 0.3 is 30.5 Å². The van der Waals surface area contributed by atoms with E-state index in [1.807, 2.05) is 0 Å². The first-order valence-electron chi connectivity index (χ1n) is 24.3. The van der Waals surface area contributed by atoms with E-state index in [2.05, 4.69) is 36.3 Å². The van der Waals surface area contributed by atoms with Crippen LogP contribution in [0.15, 0.2) is 24.3 Å². The van der Waals surface area contributed by atoms with E-state index in [0.29, 0.717) is 24.3 Å². The summed E-state index contributed by atoms with van der Waals surface area (Å²) >= 11 is 0. The van der Waals surface area contributed by atoms with Crippen molar-refractivity contribution in [1.29, 1.82) is 0 Å². The number of halogens is 12. The smallest absolute Gasteiger partial charge is 0.451 e. The van der Waals surface area contributed by atoms with Crippen LogP contribution >= 0.6 is 0 Å². The fourth-order valence-electron chi connectivity index (χ4n) is 7.51. The average molecular weight is 1180 g/mol. The molecule has 0 spiro atoms. The van der Waals surface area contributed by atoms with Crippen LogP contribution in [0.3, 0.4) is 0 Å². The lowest BCUT2D eigenvalue weighted by atomic mass is 10.0. The number of aromatic nitrogens is 6. The average Bonchev–Trinajstić information content (AvgIpc) is 3.97. The van der Waals surface area contributed by atoms with Crippen LogP contribution in [0.4, 0.5) is 62.3 Å². The quantitative estimate of drug-likeness (QED) is 0.0750. The summed E-state index contributed by atoms with van der Waals surface area (Å²) < 4.78 is 171. The third kappa shape index (κ3) is 19.8. The maximum atomic E-state index is 14.4. The number of hydrogen-bond acceptors (Lipinski definition) is 13. The minimum atomic E-state index is -4.73. The summed E-state index contributed by atoms with van der Waals surface area (Å²) in [5.41, 5.74) is 3.85. The molecule has 0 aliphatic carbocycles. The fraction of sp³-hybridized carbons (Fsp3) is 0.542. The Bertz CT molecular complexity index is 2920. The molecule has 4 atom stereocenters. The van der Waals surface area contributed by atoms with Crippen LogP contribution < -0.4 is 21.7 Å².